The van der Waals surface area contributed by atoms with E-state index in [0.29, 0.717) is 19.0 Å². The van der Waals surface area contributed by atoms with E-state index >= 15 is 0 Å². The Balaban J connectivity index is 1.09. The van der Waals surface area contributed by atoms with E-state index in [9.17, 15) is 18.0 Å². The summed E-state index contributed by atoms with van der Waals surface area (Å²) >= 11 is 0. The van der Waals surface area contributed by atoms with Gasteiger partial charge in [-0.1, -0.05) is 12.1 Å². The number of rotatable bonds is 11. The van der Waals surface area contributed by atoms with Crippen LogP contribution in [0.4, 0.5) is 24.9 Å². The number of para-hydroxylation sites is 2. The Kier molecular flexibility index (Phi) is 9.89. The number of likely N-dealkylation sites (tertiary alicyclic amines) is 2. The molecule has 0 aliphatic carbocycles. The lowest BCUT2D eigenvalue weighted by atomic mass is 9.93. The van der Waals surface area contributed by atoms with Crippen molar-refractivity contribution in [1.82, 2.24) is 24.3 Å². The molecule has 225 valence electrons. The van der Waals surface area contributed by atoms with Crippen LogP contribution in [-0.2, 0) is 22.5 Å². The molecule has 42 heavy (non-hydrogen) atoms. The van der Waals surface area contributed by atoms with Crippen LogP contribution in [0.15, 0.2) is 42.6 Å². The zero-order valence-corrected chi connectivity index (χ0v) is 23.9. The summed E-state index contributed by atoms with van der Waals surface area (Å²) in [4.78, 5) is 26.7. The first-order valence-electron chi connectivity index (χ1n) is 14.6. The summed E-state index contributed by atoms with van der Waals surface area (Å²) in [5.41, 5.74) is 2.74. The van der Waals surface area contributed by atoms with Gasteiger partial charge in [-0.2, -0.15) is 13.2 Å². The zero-order chi connectivity index (χ0) is 29.5. The second kappa shape index (κ2) is 13.8. The van der Waals surface area contributed by atoms with Crippen LogP contribution in [-0.4, -0.2) is 83.4 Å². The van der Waals surface area contributed by atoms with Crippen molar-refractivity contribution in [2.24, 2.45) is 5.92 Å². The minimum absolute atomic E-state index is 0.00176. The number of carbonyl (C=O) groups is 1. The average Bonchev–Trinajstić information content (AvgIpc) is 3.33. The van der Waals surface area contributed by atoms with Gasteiger partial charge in [0, 0.05) is 57.9 Å². The van der Waals surface area contributed by atoms with E-state index in [0.717, 1.165) is 67.7 Å². The van der Waals surface area contributed by atoms with Crippen LogP contribution >= 0.6 is 0 Å². The number of imidazole rings is 1. The minimum Gasteiger partial charge on any atom is -0.422 e. The third-order valence-electron chi connectivity index (χ3n) is 8.13. The number of alkyl halides is 3. The Morgan fingerprint density at radius 3 is 2.60 bits per heavy atom. The highest BCUT2D eigenvalue weighted by Crippen LogP contribution is 2.27. The molecular weight excluding hydrogens is 546 g/mol. The van der Waals surface area contributed by atoms with Crippen molar-refractivity contribution in [2.75, 3.05) is 43.8 Å². The monoisotopic (exact) mass is 584 g/mol. The number of halogens is 3. The molecule has 2 aliphatic heterocycles. The molecule has 0 bridgehead atoms. The summed E-state index contributed by atoms with van der Waals surface area (Å²) in [5, 5.41) is 6.47. The maximum atomic E-state index is 13.3. The molecule has 1 aromatic carbocycles. The summed E-state index contributed by atoms with van der Waals surface area (Å²) < 4.78 is 45.1. The van der Waals surface area contributed by atoms with Crippen LogP contribution in [0.25, 0.3) is 11.0 Å². The first-order valence-corrected chi connectivity index (χ1v) is 14.6. The number of nitrogens with zero attached hydrogens (tertiary/aromatic N) is 5. The van der Waals surface area contributed by atoms with Gasteiger partial charge < -0.3 is 24.7 Å². The van der Waals surface area contributed by atoms with Gasteiger partial charge in [0.1, 0.15) is 5.82 Å². The van der Waals surface area contributed by atoms with E-state index < -0.39 is 12.6 Å². The molecule has 2 saturated heterocycles. The predicted octanol–water partition coefficient (Wildman–Crippen LogP) is 4.68. The lowest BCUT2D eigenvalue weighted by Gasteiger charge is -2.37. The molecule has 3 aromatic rings. The number of nitrogens with one attached hydrogen (secondary N) is 2. The Bertz CT molecular complexity index is 1320. The quantitative estimate of drug-likeness (QED) is 0.317. The van der Waals surface area contributed by atoms with Crippen molar-refractivity contribution in [2.45, 2.75) is 63.8 Å². The van der Waals surface area contributed by atoms with Crippen molar-refractivity contribution in [3.8, 4) is 0 Å². The fraction of sp³-hybridized carbons (Fsp3) is 0.552. The molecule has 2 N–H and O–H groups in total. The predicted molar refractivity (Wildman–Crippen MR) is 157 cm³/mol. The van der Waals surface area contributed by atoms with Gasteiger partial charge in [-0.3, -0.25) is 9.69 Å². The Morgan fingerprint density at radius 1 is 1.10 bits per heavy atom. The van der Waals surface area contributed by atoms with Crippen LogP contribution in [0, 0.1) is 5.92 Å². The van der Waals surface area contributed by atoms with Crippen molar-refractivity contribution >= 4 is 36.3 Å². The Hall–Kier alpha value is -3.32. The number of anilines is 2. The zero-order valence-electron chi connectivity index (χ0n) is 23.9. The maximum absolute atomic E-state index is 13.3. The van der Waals surface area contributed by atoms with Crippen molar-refractivity contribution in [1.29, 1.82) is 0 Å². The molecule has 0 atom stereocenters. The number of amides is 1. The molecular formula is C29H38BF3N7O2. The third kappa shape index (κ3) is 7.94. The molecule has 2 aromatic heterocycles. The van der Waals surface area contributed by atoms with Gasteiger partial charge in [0.15, 0.2) is 0 Å². The average molecular weight is 584 g/mol. The number of aromatic nitrogens is 3. The Labute approximate surface area is 245 Å². The SMILES string of the molecule is CO[B]Nc1cc(CN2CCC(C(=O)N3CCC(Nc4nc5ccccc5n4CCCC(F)(F)F)CC3)CC2)ccn1. The van der Waals surface area contributed by atoms with E-state index in [-0.39, 0.29) is 30.8 Å². The second-order valence-electron chi connectivity index (χ2n) is 11.1. The van der Waals surface area contributed by atoms with E-state index in [4.69, 9.17) is 4.65 Å². The minimum atomic E-state index is -4.18. The fourth-order valence-corrected chi connectivity index (χ4v) is 5.90. The normalized spacial score (nSPS) is 17.5. The number of pyridine rings is 1. The van der Waals surface area contributed by atoms with E-state index in [1.807, 2.05) is 45.9 Å². The molecule has 5 rings (SSSR count). The second-order valence-corrected chi connectivity index (χ2v) is 11.1. The molecule has 4 heterocycles. The fourth-order valence-electron chi connectivity index (χ4n) is 5.90. The van der Waals surface area contributed by atoms with Crippen LogP contribution in [0.3, 0.4) is 0 Å². The van der Waals surface area contributed by atoms with Gasteiger partial charge in [0.2, 0.25) is 11.9 Å². The topological polar surface area (TPSA) is 87.5 Å². The molecule has 0 spiro atoms. The molecule has 1 amide bonds. The highest BCUT2D eigenvalue weighted by molar-refractivity contribution is 6.32. The number of carbonyl (C=O) groups excluding carboxylic acids is 1. The lowest BCUT2D eigenvalue weighted by molar-refractivity contribution is -0.138. The molecule has 9 nitrogen and oxygen atoms in total. The van der Waals surface area contributed by atoms with Gasteiger partial charge in [-0.05, 0) is 75.0 Å². The van der Waals surface area contributed by atoms with Crippen LogP contribution in [0.5, 0.6) is 0 Å². The molecule has 1 radical (unpaired) electrons. The van der Waals surface area contributed by atoms with Crippen molar-refractivity contribution in [3.05, 3.63) is 48.2 Å². The van der Waals surface area contributed by atoms with E-state index in [1.165, 1.54) is 7.62 Å². The van der Waals surface area contributed by atoms with Crippen LogP contribution in [0.2, 0.25) is 0 Å². The van der Waals surface area contributed by atoms with E-state index in [1.54, 1.807) is 13.3 Å². The molecule has 0 saturated carbocycles. The number of benzene rings is 1. The molecule has 0 unspecified atom stereocenters. The standard InChI is InChI=1S/C29H38BF3N7O2/c1-42-30-37-26-19-21(7-13-34-26)20-38-15-8-22(9-16-38)27(41)39-17-10-23(11-18-39)35-28-36-24-5-2-3-6-25(24)40(28)14-4-12-29(31,32)33/h2-3,5-7,13,19,22-23H,4,8-12,14-18,20H2,1H3,(H,34,37)(H,35,36). The summed E-state index contributed by atoms with van der Waals surface area (Å²) in [6.45, 7) is 4.11. The number of aryl methyl sites for hydroxylation is 1. The molecule has 2 aliphatic rings. The van der Waals surface area contributed by atoms with Gasteiger partial charge in [0.25, 0.3) is 0 Å². The highest BCUT2D eigenvalue weighted by atomic mass is 19.4. The number of fused-ring (bicyclic) bond motifs is 1. The smallest absolute Gasteiger partial charge is 0.422 e. The van der Waals surface area contributed by atoms with Gasteiger partial charge in [-0.15, -0.1) is 0 Å². The number of hydrogen-bond acceptors (Lipinski definition) is 7. The lowest BCUT2D eigenvalue weighted by Crippen LogP contribution is -2.47. The molecule has 2 fully saturated rings. The summed E-state index contributed by atoms with van der Waals surface area (Å²) in [7, 11) is 3.07. The van der Waals surface area contributed by atoms with Crippen LogP contribution < -0.4 is 10.5 Å². The van der Waals surface area contributed by atoms with Crippen molar-refractivity contribution in [3.63, 3.8) is 0 Å². The number of hydrogen-bond donors (Lipinski definition) is 2. The van der Waals surface area contributed by atoms with Crippen LogP contribution in [0.1, 0.15) is 44.1 Å². The third-order valence-corrected chi connectivity index (χ3v) is 8.13. The molecule has 13 heteroatoms. The first kappa shape index (κ1) is 30.2. The highest BCUT2D eigenvalue weighted by Gasteiger charge is 2.31. The Morgan fingerprint density at radius 2 is 1.86 bits per heavy atom. The first-order chi connectivity index (χ1) is 20.3. The van der Waals surface area contributed by atoms with Gasteiger partial charge in [-0.25, -0.2) is 9.97 Å². The summed E-state index contributed by atoms with van der Waals surface area (Å²) in [5.74, 6) is 1.60. The number of piperidine rings is 2. The summed E-state index contributed by atoms with van der Waals surface area (Å²) in [6, 6.07) is 11.6. The largest absolute Gasteiger partial charge is 0.437 e. The van der Waals surface area contributed by atoms with E-state index in [2.05, 4.69) is 25.4 Å². The maximum Gasteiger partial charge on any atom is 0.437 e. The summed E-state index contributed by atoms with van der Waals surface area (Å²) in [6.07, 6.45) is 0.000137. The van der Waals surface area contributed by atoms with Gasteiger partial charge >= 0.3 is 13.8 Å². The van der Waals surface area contributed by atoms with Gasteiger partial charge in [0.05, 0.1) is 11.0 Å². The van der Waals surface area contributed by atoms with Crippen molar-refractivity contribution < 1.29 is 22.6 Å².